The average Bonchev–Trinajstić information content (AvgIpc) is 2.86. The molecule has 3 rings (SSSR count). The van der Waals surface area contributed by atoms with Gasteiger partial charge in [-0.1, -0.05) is 19.9 Å². The van der Waals surface area contributed by atoms with Gasteiger partial charge >= 0.3 is 0 Å². The third-order valence-electron chi connectivity index (χ3n) is 4.46. The maximum absolute atomic E-state index is 9.69. The van der Waals surface area contributed by atoms with E-state index in [1.807, 2.05) is 12.1 Å². The minimum absolute atomic E-state index is 0.349. The normalized spacial score (nSPS) is 11.5. The van der Waals surface area contributed by atoms with Crippen molar-refractivity contribution in [3.05, 3.63) is 64.3 Å². The number of aromatic hydroxyl groups is 1. The fourth-order valence-electron chi connectivity index (χ4n) is 3.23. The number of hydrogen-bond acceptors (Lipinski definition) is 1. The van der Waals surface area contributed by atoms with Gasteiger partial charge in [-0.2, -0.15) is 0 Å². The third kappa shape index (κ3) is 2.61. The molecule has 2 nitrogen and oxygen atoms in total. The first-order valence-electron chi connectivity index (χ1n) is 7.84. The molecule has 0 aliphatic rings. The van der Waals surface area contributed by atoms with Crippen molar-refractivity contribution >= 4 is 10.9 Å². The molecule has 0 aliphatic carbocycles. The molecule has 0 unspecified atom stereocenters. The summed E-state index contributed by atoms with van der Waals surface area (Å²) in [6.07, 6.45) is 3.02. The first-order chi connectivity index (χ1) is 10.5. The Labute approximate surface area is 131 Å². The van der Waals surface area contributed by atoms with Gasteiger partial charge in [0.2, 0.25) is 0 Å². The van der Waals surface area contributed by atoms with Gasteiger partial charge in [-0.05, 0) is 78.3 Å². The Kier molecular flexibility index (Phi) is 3.69. The maximum atomic E-state index is 9.69. The van der Waals surface area contributed by atoms with Crippen LogP contribution in [0.1, 0.15) is 47.6 Å². The van der Waals surface area contributed by atoms with E-state index in [4.69, 9.17) is 0 Å². The van der Waals surface area contributed by atoms with Gasteiger partial charge in [0, 0.05) is 17.1 Å². The fourth-order valence-corrected chi connectivity index (χ4v) is 3.23. The van der Waals surface area contributed by atoms with Crippen molar-refractivity contribution in [2.24, 2.45) is 0 Å². The van der Waals surface area contributed by atoms with Crippen molar-refractivity contribution in [1.29, 1.82) is 0 Å². The van der Waals surface area contributed by atoms with E-state index in [1.165, 1.54) is 27.6 Å². The van der Waals surface area contributed by atoms with Gasteiger partial charge in [0.15, 0.2) is 0 Å². The molecule has 0 fully saturated rings. The molecule has 0 radical (unpaired) electrons. The van der Waals surface area contributed by atoms with Crippen LogP contribution in [0.5, 0.6) is 5.75 Å². The minimum Gasteiger partial charge on any atom is -0.508 e. The number of rotatable bonds is 3. The molecule has 0 aliphatic heterocycles. The second-order valence-corrected chi connectivity index (χ2v) is 6.51. The molecule has 114 valence electrons. The van der Waals surface area contributed by atoms with Crippen molar-refractivity contribution in [3.63, 3.8) is 0 Å². The highest BCUT2D eigenvalue weighted by Gasteiger charge is 2.10. The molecule has 3 aromatic rings. The summed E-state index contributed by atoms with van der Waals surface area (Å²) < 4.78 is 0. The van der Waals surface area contributed by atoms with E-state index in [0.29, 0.717) is 11.7 Å². The summed E-state index contributed by atoms with van der Waals surface area (Å²) in [7, 11) is 0. The van der Waals surface area contributed by atoms with Gasteiger partial charge in [0.05, 0.1) is 0 Å². The standard InChI is InChI=1S/C20H23NO/c1-12(2)19-11-21-20-6-5-15(10-18(19)20)9-17-13(3)7-16(22)8-14(17)4/h5-8,10-12,21-22H,9H2,1-4H3. The molecule has 0 saturated carbocycles. The molecule has 1 aromatic heterocycles. The lowest BCUT2D eigenvalue weighted by atomic mass is 9.94. The topological polar surface area (TPSA) is 36.0 Å². The SMILES string of the molecule is Cc1cc(O)cc(C)c1Cc1ccc2[nH]cc(C(C)C)c2c1. The smallest absolute Gasteiger partial charge is 0.116 e. The molecule has 0 amide bonds. The molecular formula is C20H23NO. The average molecular weight is 293 g/mol. The predicted octanol–water partition coefficient (Wildman–Crippen LogP) is 5.20. The van der Waals surface area contributed by atoms with E-state index in [9.17, 15) is 5.11 Å². The maximum Gasteiger partial charge on any atom is 0.116 e. The summed E-state index contributed by atoms with van der Waals surface area (Å²) >= 11 is 0. The first-order valence-corrected chi connectivity index (χ1v) is 7.84. The highest BCUT2D eigenvalue weighted by atomic mass is 16.3. The number of fused-ring (bicyclic) bond motifs is 1. The van der Waals surface area contributed by atoms with E-state index >= 15 is 0 Å². The van der Waals surface area contributed by atoms with Gasteiger partial charge in [0.1, 0.15) is 5.75 Å². The Bertz CT molecular complexity index is 804. The highest BCUT2D eigenvalue weighted by molar-refractivity contribution is 5.84. The number of aromatic amines is 1. The van der Waals surface area contributed by atoms with Crippen molar-refractivity contribution in [1.82, 2.24) is 4.98 Å². The largest absolute Gasteiger partial charge is 0.508 e. The van der Waals surface area contributed by atoms with Crippen LogP contribution in [0.25, 0.3) is 10.9 Å². The summed E-state index contributed by atoms with van der Waals surface area (Å²) in [6.45, 7) is 8.58. The van der Waals surface area contributed by atoms with Crippen LogP contribution >= 0.6 is 0 Å². The fraction of sp³-hybridized carbons (Fsp3) is 0.300. The summed E-state index contributed by atoms with van der Waals surface area (Å²) in [5.41, 5.74) is 7.48. The molecule has 2 heteroatoms. The number of aromatic nitrogens is 1. The second-order valence-electron chi connectivity index (χ2n) is 6.51. The molecule has 0 spiro atoms. The molecule has 22 heavy (non-hydrogen) atoms. The van der Waals surface area contributed by atoms with E-state index in [0.717, 1.165) is 17.5 Å². The molecule has 2 N–H and O–H groups in total. The lowest BCUT2D eigenvalue weighted by molar-refractivity contribution is 0.474. The lowest BCUT2D eigenvalue weighted by Crippen LogP contribution is -1.96. The summed E-state index contributed by atoms with van der Waals surface area (Å²) in [4.78, 5) is 3.36. The predicted molar refractivity (Wildman–Crippen MR) is 92.8 cm³/mol. The Hall–Kier alpha value is -2.22. The van der Waals surface area contributed by atoms with Gasteiger partial charge in [-0.3, -0.25) is 0 Å². The number of hydrogen-bond donors (Lipinski definition) is 2. The molecule has 0 bridgehead atoms. The van der Waals surface area contributed by atoms with Crippen molar-refractivity contribution in [2.75, 3.05) is 0 Å². The zero-order chi connectivity index (χ0) is 15.9. The number of phenolic OH excluding ortho intramolecular Hbond substituents is 1. The number of phenols is 1. The van der Waals surface area contributed by atoms with Crippen molar-refractivity contribution in [2.45, 2.75) is 40.0 Å². The Morgan fingerprint density at radius 2 is 1.73 bits per heavy atom. The lowest BCUT2D eigenvalue weighted by Gasteiger charge is -2.11. The van der Waals surface area contributed by atoms with Crippen LogP contribution in [0.4, 0.5) is 0 Å². The van der Waals surface area contributed by atoms with Crippen LogP contribution in [-0.4, -0.2) is 10.1 Å². The Morgan fingerprint density at radius 1 is 1.05 bits per heavy atom. The van der Waals surface area contributed by atoms with Crippen LogP contribution in [0.15, 0.2) is 36.5 Å². The van der Waals surface area contributed by atoms with Gasteiger partial charge in [-0.25, -0.2) is 0 Å². The monoisotopic (exact) mass is 293 g/mol. The van der Waals surface area contributed by atoms with Gasteiger partial charge < -0.3 is 10.1 Å². The Balaban J connectivity index is 2.03. The summed E-state index contributed by atoms with van der Waals surface area (Å²) in [6, 6.07) is 10.3. The number of nitrogens with one attached hydrogen (secondary N) is 1. The van der Waals surface area contributed by atoms with Crippen LogP contribution in [0.2, 0.25) is 0 Å². The zero-order valence-corrected chi connectivity index (χ0v) is 13.7. The summed E-state index contributed by atoms with van der Waals surface area (Å²) in [5, 5.41) is 11.0. The van der Waals surface area contributed by atoms with E-state index in [2.05, 4.69) is 57.1 Å². The van der Waals surface area contributed by atoms with Crippen LogP contribution in [0.3, 0.4) is 0 Å². The van der Waals surface area contributed by atoms with Crippen LogP contribution in [-0.2, 0) is 6.42 Å². The number of benzene rings is 2. The number of aryl methyl sites for hydroxylation is 2. The van der Waals surface area contributed by atoms with Crippen molar-refractivity contribution in [3.8, 4) is 5.75 Å². The highest BCUT2D eigenvalue weighted by Crippen LogP contribution is 2.28. The number of H-pyrrole nitrogens is 1. The molecule has 1 heterocycles. The molecule has 2 aromatic carbocycles. The van der Waals surface area contributed by atoms with E-state index < -0.39 is 0 Å². The quantitative estimate of drug-likeness (QED) is 0.683. The first kappa shape index (κ1) is 14.7. The van der Waals surface area contributed by atoms with Gasteiger partial charge in [-0.15, -0.1) is 0 Å². The van der Waals surface area contributed by atoms with Crippen LogP contribution in [0, 0.1) is 13.8 Å². The Morgan fingerprint density at radius 3 is 2.36 bits per heavy atom. The second kappa shape index (κ2) is 5.53. The summed E-state index contributed by atoms with van der Waals surface area (Å²) in [5.74, 6) is 0.864. The van der Waals surface area contributed by atoms with Crippen LogP contribution < -0.4 is 0 Å². The van der Waals surface area contributed by atoms with E-state index in [1.54, 1.807) is 0 Å². The minimum atomic E-state index is 0.349. The van der Waals surface area contributed by atoms with E-state index in [-0.39, 0.29) is 0 Å². The molecule has 0 saturated heterocycles. The molecular weight excluding hydrogens is 270 g/mol. The zero-order valence-electron chi connectivity index (χ0n) is 13.7. The molecule has 0 atom stereocenters. The third-order valence-corrected chi connectivity index (χ3v) is 4.46. The van der Waals surface area contributed by atoms with Gasteiger partial charge in [0.25, 0.3) is 0 Å². The van der Waals surface area contributed by atoms with Crippen molar-refractivity contribution < 1.29 is 5.11 Å².